The Balaban J connectivity index is 2.52. The summed E-state index contributed by atoms with van der Waals surface area (Å²) in [5.41, 5.74) is 7.97. The molecule has 0 fully saturated rings. The maximum absolute atomic E-state index is 9.58. The van der Waals surface area contributed by atoms with Gasteiger partial charge in [-0.05, 0) is 12.1 Å². The molecule has 6 nitrogen and oxygen atoms in total. The fourth-order valence-corrected chi connectivity index (χ4v) is 1.93. The van der Waals surface area contributed by atoms with Gasteiger partial charge in [-0.2, -0.15) is 0 Å². The van der Waals surface area contributed by atoms with Crippen LogP contribution in [0.4, 0.5) is 5.69 Å². The van der Waals surface area contributed by atoms with E-state index in [0.29, 0.717) is 23.6 Å². The minimum Gasteiger partial charge on any atom is -0.397 e. The Bertz CT molecular complexity index is 539. The maximum Gasteiger partial charge on any atom is 0.136 e. The van der Waals surface area contributed by atoms with E-state index in [1.165, 1.54) is 0 Å². The molecule has 0 saturated carbocycles. The number of fused-ring (bicyclic) bond motifs is 1. The molecule has 1 aromatic carbocycles. The van der Waals surface area contributed by atoms with Crippen molar-refractivity contribution in [3.8, 4) is 0 Å². The summed E-state index contributed by atoms with van der Waals surface area (Å²) >= 11 is 0. The van der Waals surface area contributed by atoms with Crippen LogP contribution in [-0.4, -0.2) is 39.6 Å². The van der Waals surface area contributed by atoms with Crippen LogP contribution in [0, 0.1) is 0 Å². The summed E-state index contributed by atoms with van der Waals surface area (Å²) < 4.78 is 6.90. The molecule has 0 aliphatic rings. The molecule has 0 spiro atoms. The average molecular weight is 251 g/mol. The summed E-state index contributed by atoms with van der Waals surface area (Å²) in [6.07, 6.45) is -0.834. The van der Waals surface area contributed by atoms with Crippen LogP contribution in [0.2, 0.25) is 0 Å². The van der Waals surface area contributed by atoms with Crippen molar-refractivity contribution in [1.82, 2.24) is 9.55 Å². The molecular formula is C12H17N3O3. The molecule has 0 bridgehead atoms. The second kappa shape index (κ2) is 5.34. The van der Waals surface area contributed by atoms with Crippen LogP contribution in [-0.2, 0) is 17.9 Å². The lowest BCUT2D eigenvalue weighted by Crippen LogP contribution is -2.21. The Morgan fingerprint density at radius 2 is 2.28 bits per heavy atom. The summed E-state index contributed by atoms with van der Waals surface area (Å²) in [5.74, 6) is 0.679. The molecule has 6 heteroatoms. The zero-order chi connectivity index (χ0) is 13.1. The number of hydrogen-bond donors (Lipinski definition) is 3. The van der Waals surface area contributed by atoms with Gasteiger partial charge in [0, 0.05) is 7.11 Å². The van der Waals surface area contributed by atoms with Crippen LogP contribution < -0.4 is 5.73 Å². The third-order valence-electron chi connectivity index (χ3n) is 2.77. The van der Waals surface area contributed by atoms with Crippen molar-refractivity contribution < 1.29 is 14.9 Å². The Hall–Kier alpha value is -1.63. The molecular weight excluding hydrogens is 234 g/mol. The van der Waals surface area contributed by atoms with Gasteiger partial charge in [0.2, 0.25) is 0 Å². The number of hydrogen-bond acceptors (Lipinski definition) is 5. The number of aliphatic hydroxyl groups excluding tert-OH is 2. The Morgan fingerprint density at radius 3 is 2.94 bits per heavy atom. The van der Waals surface area contributed by atoms with Crippen molar-refractivity contribution in [2.24, 2.45) is 0 Å². The Morgan fingerprint density at radius 1 is 1.50 bits per heavy atom. The van der Waals surface area contributed by atoms with Gasteiger partial charge < -0.3 is 25.3 Å². The number of aromatic nitrogens is 2. The van der Waals surface area contributed by atoms with Crippen LogP contribution in [0.15, 0.2) is 18.2 Å². The van der Waals surface area contributed by atoms with Crippen molar-refractivity contribution in [1.29, 1.82) is 0 Å². The van der Waals surface area contributed by atoms with Crippen molar-refractivity contribution in [2.45, 2.75) is 19.3 Å². The third-order valence-corrected chi connectivity index (χ3v) is 2.77. The molecule has 1 heterocycles. The van der Waals surface area contributed by atoms with Gasteiger partial charge in [-0.25, -0.2) is 4.98 Å². The van der Waals surface area contributed by atoms with E-state index in [1.54, 1.807) is 13.2 Å². The fraction of sp³-hybridized carbons (Fsp3) is 0.417. The first-order chi connectivity index (χ1) is 8.67. The number of aliphatic hydroxyl groups is 2. The molecule has 1 atom stereocenters. The number of nitrogens with zero attached hydrogens (tertiary/aromatic N) is 2. The van der Waals surface area contributed by atoms with Gasteiger partial charge in [0.1, 0.15) is 17.9 Å². The number of benzene rings is 1. The summed E-state index contributed by atoms with van der Waals surface area (Å²) in [6.45, 7) is 0.288. The van der Waals surface area contributed by atoms with E-state index >= 15 is 0 Å². The number of anilines is 1. The van der Waals surface area contributed by atoms with Crippen LogP contribution in [0.5, 0.6) is 0 Å². The van der Waals surface area contributed by atoms with Crippen LogP contribution in [0.3, 0.4) is 0 Å². The zero-order valence-corrected chi connectivity index (χ0v) is 10.2. The van der Waals surface area contributed by atoms with Gasteiger partial charge >= 0.3 is 0 Å². The lowest BCUT2D eigenvalue weighted by molar-refractivity contribution is 0.0793. The number of nitrogens with two attached hydrogens (primary N) is 1. The van der Waals surface area contributed by atoms with E-state index in [9.17, 15) is 5.11 Å². The second-order valence-electron chi connectivity index (χ2n) is 4.12. The number of ether oxygens (including phenoxy) is 1. The van der Waals surface area contributed by atoms with Crippen LogP contribution >= 0.6 is 0 Å². The first kappa shape index (κ1) is 12.8. The zero-order valence-electron chi connectivity index (χ0n) is 10.2. The Labute approximate surface area is 105 Å². The number of rotatable bonds is 5. The highest BCUT2D eigenvalue weighted by Gasteiger charge is 2.14. The highest BCUT2D eigenvalue weighted by atomic mass is 16.5. The number of para-hydroxylation sites is 1. The molecule has 0 aliphatic carbocycles. The predicted octanol–water partition coefficient (Wildman–Crippen LogP) is 0.118. The molecule has 18 heavy (non-hydrogen) atoms. The molecule has 2 rings (SSSR count). The third kappa shape index (κ3) is 2.31. The van der Waals surface area contributed by atoms with Crippen molar-refractivity contribution >= 4 is 16.7 Å². The molecule has 98 valence electrons. The van der Waals surface area contributed by atoms with E-state index in [0.717, 1.165) is 5.52 Å². The highest BCUT2D eigenvalue weighted by Crippen LogP contribution is 2.22. The Kier molecular flexibility index (Phi) is 3.81. The fourth-order valence-electron chi connectivity index (χ4n) is 1.93. The summed E-state index contributed by atoms with van der Waals surface area (Å²) in [7, 11) is 1.58. The normalized spacial score (nSPS) is 13.1. The first-order valence-electron chi connectivity index (χ1n) is 5.68. The van der Waals surface area contributed by atoms with Gasteiger partial charge in [0.05, 0.1) is 30.5 Å². The second-order valence-corrected chi connectivity index (χ2v) is 4.12. The quantitative estimate of drug-likeness (QED) is 0.656. The molecule has 0 saturated heterocycles. The van der Waals surface area contributed by atoms with Gasteiger partial charge in [-0.3, -0.25) is 0 Å². The van der Waals surface area contributed by atoms with E-state index < -0.39 is 6.10 Å². The molecule has 2 aromatic rings. The van der Waals surface area contributed by atoms with Crippen LogP contribution in [0.1, 0.15) is 5.82 Å². The average Bonchev–Trinajstić information content (AvgIpc) is 2.70. The standard InChI is InChI=1S/C12H17N3O3/c1-18-7-11-14-12-9(13)3-2-4-10(12)15(11)5-8(17)6-16/h2-4,8,16-17H,5-7,13H2,1H3. The van der Waals surface area contributed by atoms with E-state index in [-0.39, 0.29) is 13.2 Å². The number of imidazole rings is 1. The lowest BCUT2D eigenvalue weighted by atomic mass is 10.2. The van der Waals surface area contributed by atoms with Gasteiger partial charge in [0.25, 0.3) is 0 Å². The highest BCUT2D eigenvalue weighted by molar-refractivity contribution is 5.87. The van der Waals surface area contributed by atoms with E-state index in [1.807, 2.05) is 16.7 Å². The first-order valence-corrected chi connectivity index (χ1v) is 5.68. The molecule has 0 aliphatic heterocycles. The summed E-state index contributed by atoms with van der Waals surface area (Å²) in [6, 6.07) is 5.48. The molecule has 4 N–H and O–H groups in total. The molecule has 0 amide bonds. The van der Waals surface area contributed by atoms with Crippen molar-refractivity contribution in [3.05, 3.63) is 24.0 Å². The number of nitrogen functional groups attached to an aromatic ring is 1. The number of methoxy groups -OCH3 is 1. The SMILES string of the molecule is COCc1nc2c(N)cccc2n1CC(O)CO. The van der Waals surface area contributed by atoms with Gasteiger partial charge in [0.15, 0.2) is 0 Å². The van der Waals surface area contributed by atoms with E-state index in [4.69, 9.17) is 15.6 Å². The monoisotopic (exact) mass is 251 g/mol. The van der Waals surface area contributed by atoms with E-state index in [2.05, 4.69) is 4.98 Å². The van der Waals surface area contributed by atoms with Crippen molar-refractivity contribution in [3.63, 3.8) is 0 Å². The minimum atomic E-state index is -0.834. The molecule has 1 unspecified atom stereocenters. The minimum absolute atomic E-state index is 0.259. The van der Waals surface area contributed by atoms with Crippen molar-refractivity contribution in [2.75, 3.05) is 19.5 Å². The summed E-state index contributed by atoms with van der Waals surface area (Å²) in [4.78, 5) is 4.41. The topological polar surface area (TPSA) is 93.5 Å². The predicted molar refractivity (Wildman–Crippen MR) is 68.0 cm³/mol. The largest absolute Gasteiger partial charge is 0.397 e. The maximum atomic E-state index is 9.58. The molecule has 0 radical (unpaired) electrons. The summed E-state index contributed by atoms with van der Waals surface area (Å²) in [5, 5.41) is 18.5. The molecule has 1 aromatic heterocycles. The lowest BCUT2D eigenvalue weighted by Gasteiger charge is -2.12. The van der Waals surface area contributed by atoms with Crippen LogP contribution in [0.25, 0.3) is 11.0 Å². The van der Waals surface area contributed by atoms with Gasteiger partial charge in [-0.1, -0.05) is 6.07 Å². The smallest absolute Gasteiger partial charge is 0.136 e. The van der Waals surface area contributed by atoms with Gasteiger partial charge in [-0.15, -0.1) is 0 Å².